The van der Waals surface area contributed by atoms with Crippen LogP contribution in [0.4, 0.5) is 5.69 Å². The van der Waals surface area contributed by atoms with Crippen LogP contribution in [-0.2, 0) is 9.59 Å². The van der Waals surface area contributed by atoms with Crippen molar-refractivity contribution in [1.82, 2.24) is 10.2 Å². The summed E-state index contributed by atoms with van der Waals surface area (Å²) < 4.78 is 0. The number of aryl methyl sites for hydroxylation is 2. The van der Waals surface area contributed by atoms with E-state index in [1.54, 1.807) is 31.3 Å². The number of carbonyl (C=O) groups is 3. The molecule has 0 aromatic heterocycles. The zero-order valence-electron chi connectivity index (χ0n) is 15.9. The van der Waals surface area contributed by atoms with E-state index in [0.717, 1.165) is 16.8 Å². The average molecular weight is 367 g/mol. The van der Waals surface area contributed by atoms with Crippen LogP contribution in [-0.4, -0.2) is 42.8 Å². The molecule has 0 radical (unpaired) electrons. The molecule has 0 bridgehead atoms. The summed E-state index contributed by atoms with van der Waals surface area (Å²) >= 11 is 0. The van der Waals surface area contributed by atoms with Crippen molar-refractivity contribution < 1.29 is 14.4 Å². The van der Waals surface area contributed by atoms with E-state index in [0.29, 0.717) is 5.56 Å². The molecule has 0 spiro atoms. The SMILES string of the molecule is Cc1cccc(C)c1NC(=O)CN(C)C(=O)CCNC(=O)c1ccccc1. The van der Waals surface area contributed by atoms with Gasteiger partial charge in [0.1, 0.15) is 0 Å². The van der Waals surface area contributed by atoms with Gasteiger partial charge in [-0.15, -0.1) is 0 Å². The van der Waals surface area contributed by atoms with Crippen molar-refractivity contribution in [2.24, 2.45) is 0 Å². The number of anilines is 1. The van der Waals surface area contributed by atoms with E-state index in [-0.39, 0.29) is 37.2 Å². The lowest BCUT2D eigenvalue weighted by atomic mass is 10.1. The first kappa shape index (κ1) is 20.2. The number of benzene rings is 2. The van der Waals surface area contributed by atoms with E-state index in [2.05, 4.69) is 10.6 Å². The van der Waals surface area contributed by atoms with E-state index < -0.39 is 0 Å². The van der Waals surface area contributed by atoms with Gasteiger partial charge in [0, 0.05) is 31.3 Å². The monoisotopic (exact) mass is 367 g/mol. The summed E-state index contributed by atoms with van der Waals surface area (Å²) in [6.45, 7) is 4.02. The van der Waals surface area contributed by atoms with Crippen molar-refractivity contribution in [3.63, 3.8) is 0 Å². The molecule has 0 aliphatic heterocycles. The van der Waals surface area contributed by atoms with Gasteiger partial charge in [0.2, 0.25) is 11.8 Å². The summed E-state index contributed by atoms with van der Waals surface area (Å²) in [6, 6.07) is 14.6. The molecular weight excluding hydrogens is 342 g/mol. The van der Waals surface area contributed by atoms with Crippen molar-refractivity contribution in [2.45, 2.75) is 20.3 Å². The van der Waals surface area contributed by atoms with Gasteiger partial charge >= 0.3 is 0 Å². The third-order valence-electron chi connectivity index (χ3n) is 4.21. The van der Waals surface area contributed by atoms with Gasteiger partial charge < -0.3 is 15.5 Å². The molecular formula is C21H25N3O3. The van der Waals surface area contributed by atoms with Crippen LogP contribution in [0.25, 0.3) is 0 Å². The molecule has 142 valence electrons. The van der Waals surface area contributed by atoms with Crippen molar-refractivity contribution in [3.8, 4) is 0 Å². The highest BCUT2D eigenvalue weighted by molar-refractivity contribution is 5.96. The van der Waals surface area contributed by atoms with Gasteiger partial charge in [0.15, 0.2) is 0 Å². The minimum absolute atomic E-state index is 0.0424. The summed E-state index contributed by atoms with van der Waals surface area (Å²) in [7, 11) is 1.58. The first-order valence-electron chi connectivity index (χ1n) is 8.81. The maximum atomic E-state index is 12.2. The van der Waals surface area contributed by atoms with Crippen LogP contribution in [0.5, 0.6) is 0 Å². The molecule has 0 fully saturated rings. The fraction of sp³-hybridized carbons (Fsp3) is 0.286. The van der Waals surface area contributed by atoms with Crippen molar-refractivity contribution in [1.29, 1.82) is 0 Å². The first-order valence-corrected chi connectivity index (χ1v) is 8.81. The normalized spacial score (nSPS) is 10.2. The van der Waals surface area contributed by atoms with E-state index in [4.69, 9.17) is 0 Å². The lowest BCUT2D eigenvalue weighted by molar-refractivity contribution is -0.133. The van der Waals surface area contributed by atoms with Crippen molar-refractivity contribution >= 4 is 23.4 Å². The Morgan fingerprint density at radius 2 is 1.56 bits per heavy atom. The van der Waals surface area contributed by atoms with Gasteiger partial charge in [-0.25, -0.2) is 0 Å². The second-order valence-electron chi connectivity index (χ2n) is 6.44. The molecule has 0 saturated carbocycles. The number of para-hydroxylation sites is 1. The third kappa shape index (κ3) is 5.95. The number of carbonyl (C=O) groups excluding carboxylic acids is 3. The van der Waals surface area contributed by atoms with Crippen molar-refractivity contribution in [3.05, 3.63) is 65.2 Å². The molecule has 0 atom stereocenters. The molecule has 6 heteroatoms. The average Bonchev–Trinajstić information content (AvgIpc) is 2.65. The molecule has 3 amide bonds. The lowest BCUT2D eigenvalue weighted by Crippen LogP contribution is -2.37. The van der Waals surface area contributed by atoms with Crippen LogP contribution < -0.4 is 10.6 Å². The van der Waals surface area contributed by atoms with Gasteiger partial charge in [0.05, 0.1) is 6.54 Å². The van der Waals surface area contributed by atoms with Crippen LogP contribution in [0.15, 0.2) is 48.5 Å². The maximum absolute atomic E-state index is 12.2. The molecule has 0 aliphatic carbocycles. The van der Waals surface area contributed by atoms with Gasteiger partial charge in [0.25, 0.3) is 5.91 Å². The smallest absolute Gasteiger partial charge is 0.251 e. The lowest BCUT2D eigenvalue weighted by Gasteiger charge is -2.18. The van der Waals surface area contributed by atoms with Crippen LogP contribution in [0.1, 0.15) is 27.9 Å². The highest BCUT2D eigenvalue weighted by Gasteiger charge is 2.15. The molecule has 0 saturated heterocycles. The minimum atomic E-state index is -0.253. The van der Waals surface area contributed by atoms with Crippen LogP contribution in [0.3, 0.4) is 0 Å². The molecule has 2 N–H and O–H groups in total. The molecule has 27 heavy (non-hydrogen) atoms. The number of hydrogen-bond donors (Lipinski definition) is 2. The first-order chi connectivity index (χ1) is 12.9. The highest BCUT2D eigenvalue weighted by atomic mass is 16.2. The summed E-state index contributed by atoms with van der Waals surface area (Å²) in [4.78, 5) is 37.7. The van der Waals surface area contributed by atoms with E-state index >= 15 is 0 Å². The fourth-order valence-electron chi connectivity index (χ4n) is 2.66. The zero-order chi connectivity index (χ0) is 19.8. The Hall–Kier alpha value is -3.15. The number of rotatable bonds is 7. The minimum Gasteiger partial charge on any atom is -0.352 e. The Bertz CT molecular complexity index is 798. The molecule has 6 nitrogen and oxygen atoms in total. The van der Waals surface area contributed by atoms with Crippen LogP contribution in [0, 0.1) is 13.8 Å². The Morgan fingerprint density at radius 3 is 2.19 bits per heavy atom. The Morgan fingerprint density at radius 1 is 0.926 bits per heavy atom. The number of nitrogens with zero attached hydrogens (tertiary/aromatic N) is 1. The predicted octanol–water partition coefficient (Wildman–Crippen LogP) is 2.52. The highest BCUT2D eigenvalue weighted by Crippen LogP contribution is 2.19. The number of amides is 3. The van der Waals surface area contributed by atoms with Gasteiger partial charge in [-0.05, 0) is 37.1 Å². The molecule has 0 heterocycles. The maximum Gasteiger partial charge on any atom is 0.251 e. The molecule has 0 aliphatic rings. The van der Waals surface area contributed by atoms with Gasteiger partial charge in [-0.1, -0.05) is 36.4 Å². The third-order valence-corrected chi connectivity index (χ3v) is 4.21. The van der Waals surface area contributed by atoms with Crippen molar-refractivity contribution in [2.75, 3.05) is 25.5 Å². The summed E-state index contributed by atoms with van der Waals surface area (Å²) in [5, 5.41) is 5.56. The standard InChI is InChI=1S/C21H25N3O3/c1-15-8-7-9-16(2)20(15)23-18(25)14-24(3)19(26)12-13-22-21(27)17-10-5-4-6-11-17/h4-11H,12-14H2,1-3H3,(H,22,27)(H,23,25). The number of hydrogen-bond acceptors (Lipinski definition) is 3. The van der Waals surface area contributed by atoms with E-state index in [1.807, 2.05) is 38.1 Å². The van der Waals surface area contributed by atoms with Gasteiger partial charge in [-0.2, -0.15) is 0 Å². The molecule has 2 rings (SSSR count). The summed E-state index contributed by atoms with van der Waals surface area (Å²) in [5.41, 5.74) is 3.27. The van der Waals surface area contributed by atoms with Crippen LogP contribution in [0.2, 0.25) is 0 Å². The fourth-order valence-corrected chi connectivity index (χ4v) is 2.66. The Balaban J connectivity index is 1.78. The summed E-state index contributed by atoms with van der Waals surface area (Å²) in [6.07, 6.45) is 0.131. The molecule has 2 aromatic carbocycles. The molecule has 2 aromatic rings. The topological polar surface area (TPSA) is 78.5 Å². The second kappa shape index (κ2) is 9.52. The van der Waals surface area contributed by atoms with Gasteiger partial charge in [-0.3, -0.25) is 14.4 Å². The largest absolute Gasteiger partial charge is 0.352 e. The Labute approximate surface area is 159 Å². The van der Waals surface area contributed by atoms with E-state index in [1.165, 1.54) is 4.90 Å². The van der Waals surface area contributed by atoms with E-state index in [9.17, 15) is 14.4 Å². The number of nitrogens with one attached hydrogen (secondary N) is 2. The predicted molar refractivity (Wildman–Crippen MR) is 106 cm³/mol. The van der Waals surface area contributed by atoms with Crippen LogP contribution >= 0.6 is 0 Å². The number of likely N-dealkylation sites (N-methyl/N-ethyl adjacent to an activating group) is 1. The quantitative estimate of drug-likeness (QED) is 0.789. The molecule has 0 unspecified atom stereocenters. The summed E-state index contributed by atoms with van der Waals surface area (Å²) in [5.74, 6) is -0.685. The Kier molecular flexibility index (Phi) is 7.11. The zero-order valence-corrected chi connectivity index (χ0v) is 15.9. The second-order valence-corrected chi connectivity index (χ2v) is 6.44.